The lowest BCUT2D eigenvalue weighted by atomic mass is 10.2. The Morgan fingerprint density at radius 3 is 2.67 bits per heavy atom. The van der Waals surface area contributed by atoms with E-state index >= 15 is 0 Å². The number of carbonyl (C=O) groups excluding carboxylic acids is 1. The maximum Gasteiger partial charge on any atom is 0.323 e. The van der Waals surface area contributed by atoms with Crippen LogP contribution >= 0.6 is 0 Å². The zero-order valence-corrected chi connectivity index (χ0v) is 12.0. The summed E-state index contributed by atoms with van der Waals surface area (Å²) in [5.41, 5.74) is 0.545. The Morgan fingerprint density at radius 1 is 1.19 bits per heavy atom. The highest BCUT2D eigenvalue weighted by molar-refractivity contribution is 7.89. The summed E-state index contributed by atoms with van der Waals surface area (Å²) in [5, 5.41) is 2.62. The third kappa shape index (κ3) is 2.24. The fourth-order valence-corrected chi connectivity index (χ4v) is 4.02. The molecule has 1 aromatic carbocycles. The molecule has 1 fully saturated rings. The van der Waals surface area contributed by atoms with Crippen molar-refractivity contribution in [1.82, 2.24) is 19.6 Å². The van der Waals surface area contributed by atoms with Crippen LogP contribution in [0.1, 0.15) is 6.92 Å². The molecular formula is C12H14N4O4S. The first-order chi connectivity index (χ1) is 9.89. The zero-order chi connectivity index (χ0) is 15.2. The van der Waals surface area contributed by atoms with Crippen LogP contribution in [0.5, 0.6) is 0 Å². The van der Waals surface area contributed by atoms with Gasteiger partial charge in [0, 0.05) is 13.1 Å². The van der Waals surface area contributed by atoms with Crippen molar-refractivity contribution in [1.29, 1.82) is 0 Å². The van der Waals surface area contributed by atoms with Crippen LogP contribution in [-0.4, -0.2) is 47.7 Å². The van der Waals surface area contributed by atoms with Crippen LogP contribution in [-0.2, 0) is 14.8 Å². The van der Waals surface area contributed by atoms with Gasteiger partial charge in [0.05, 0.1) is 15.9 Å². The number of carbonyl (C=O) groups is 1. The molecule has 0 spiro atoms. The normalized spacial score (nSPS) is 20.6. The van der Waals surface area contributed by atoms with E-state index in [0.717, 1.165) is 4.31 Å². The standard InChI is InChI=1S/C12H14N4O4S/c1-7-11(17)13-4-5-16(7)21(19,20)8-2-3-9-10(6-8)15-12(18)14-9/h2-3,6-7H,4-5H2,1H3,(H,13,17)(H2,14,15,18). The monoisotopic (exact) mass is 310 g/mol. The van der Waals surface area contributed by atoms with Gasteiger partial charge >= 0.3 is 5.69 Å². The number of hydrogen-bond acceptors (Lipinski definition) is 4. The molecule has 1 saturated heterocycles. The quantitative estimate of drug-likeness (QED) is 0.684. The van der Waals surface area contributed by atoms with E-state index in [1.165, 1.54) is 18.2 Å². The molecule has 21 heavy (non-hydrogen) atoms. The number of sulfonamides is 1. The third-order valence-electron chi connectivity index (χ3n) is 3.54. The largest absolute Gasteiger partial charge is 0.353 e. The van der Waals surface area contributed by atoms with Gasteiger partial charge in [0.2, 0.25) is 15.9 Å². The van der Waals surface area contributed by atoms with Crippen molar-refractivity contribution in [3.8, 4) is 0 Å². The topological polar surface area (TPSA) is 115 Å². The van der Waals surface area contributed by atoms with Gasteiger partial charge in [-0.25, -0.2) is 13.2 Å². The van der Waals surface area contributed by atoms with E-state index in [1.807, 2.05) is 0 Å². The van der Waals surface area contributed by atoms with Crippen molar-refractivity contribution in [3.05, 3.63) is 28.7 Å². The molecule has 0 saturated carbocycles. The van der Waals surface area contributed by atoms with E-state index < -0.39 is 21.8 Å². The minimum Gasteiger partial charge on any atom is -0.353 e. The predicted molar refractivity (Wildman–Crippen MR) is 75.3 cm³/mol. The summed E-state index contributed by atoms with van der Waals surface area (Å²) in [4.78, 5) is 28.0. The van der Waals surface area contributed by atoms with Crippen LogP contribution < -0.4 is 11.0 Å². The second kappa shape index (κ2) is 4.71. The molecule has 0 radical (unpaired) electrons. The molecule has 0 aliphatic carbocycles. The lowest BCUT2D eigenvalue weighted by molar-refractivity contribution is -0.126. The summed E-state index contributed by atoms with van der Waals surface area (Å²) in [5.74, 6) is -0.319. The molecule has 1 aromatic heterocycles. The number of imidazole rings is 1. The van der Waals surface area contributed by atoms with E-state index in [2.05, 4.69) is 15.3 Å². The van der Waals surface area contributed by atoms with Gasteiger partial charge in [0.25, 0.3) is 0 Å². The summed E-state index contributed by atoms with van der Waals surface area (Å²) >= 11 is 0. The van der Waals surface area contributed by atoms with Gasteiger partial charge < -0.3 is 15.3 Å². The fraction of sp³-hybridized carbons (Fsp3) is 0.333. The summed E-state index contributed by atoms with van der Waals surface area (Å²) in [6.45, 7) is 2.05. The van der Waals surface area contributed by atoms with E-state index in [9.17, 15) is 18.0 Å². The Kier molecular flexibility index (Phi) is 3.10. The molecule has 1 aliphatic rings. The van der Waals surface area contributed by atoms with Crippen molar-refractivity contribution in [2.75, 3.05) is 13.1 Å². The van der Waals surface area contributed by atoms with Crippen molar-refractivity contribution in [2.45, 2.75) is 17.9 Å². The van der Waals surface area contributed by atoms with Gasteiger partial charge in [-0.05, 0) is 25.1 Å². The van der Waals surface area contributed by atoms with E-state index in [0.29, 0.717) is 11.0 Å². The van der Waals surface area contributed by atoms with Gasteiger partial charge in [-0.1, -0.05) is 0 Å². The molecule has 1 amide bonds. The summed E-state index contributed by atoms with van der Waals surface area (Å²) in [6, 6.07) is 3.57. The van der Waals surface area contributed by atoms with Crippen molar-refractivity contribution >= 4 is 27.0 Å². The number of aromatic nitrogens is 2. The van der Waals surface area contributed by atoms with Crippen molar-refractivity contribution in [3.63, 3.8) is 0 Å². The van der Waals surface area contributed by atoms with E-state index in [1.54, 1.807) is 6.92 Å². The van der Waals surface area contributed by atoms with Gasteiger partial charge in [-0.2, -0.15) is 4.31 Å². The fourth-order valence-electron chi connectivity index (χ4n) is 2.40. The van der Waals surface area contributed by atoms with Crippen LogP contribution in [0.2, 0.25) is 0 Å². The van der Waals surface area contributed by atoms with Crippen LogP contribution in [0.4, 0.5) is 0 Å². The van der Waals surface area contributed by atoms with Gasteiger partial charge in [0.1, 0.15) is 6.04 Å². The number of nitrogens with zero attached hydrogens (tertiary/aromatic N) is 1. The minimum atomic E-state index is -3.79. The van der Waals surface area contributed by atoms with Crippen LogP contribution in [0.3, 0.4) is 0 Å². The Bertz CT molecular complexity index is 867. The van der Waals surface area contributed by atoms with Gasteiger partial charge in [0.15, 0.2) is 0 Å². The summed E-state index contributed by atoms with van der Waals surface area (Å²) in [6.07, 6.45) is 0. The third-order valence-corrected chi connectivity index (χ3v) is 5.50. The maximum absolute atomic E-state index is 12.6. The van der Waals surface area contributed by atoms with Gasteiger partial charge in [-0.15, -0.1) is 0 Å². The van der Waals surface area contributed by atoms with Crippen molar-refractivity contribution in [2.24, 2.45) is 0 Å². The number of hydrogen-bond donors (Lipinski definition) is 3. The molecule has 1 atom stereocenters. The first-order valence-corrected chi connectivity index (χ1v) is 7.85. The van der Waals surface area contributed by atoms with E-state index in [-0.39, 0.29) is 23.9 Å². The van der Waals surface area contributed by atoms with Gasteiger partial charge in [-0.3, -0.25) is 4.79 Å². The molecular weight excluding hydrogens is 296 g/mol. The average molecular weight is 310 g/mol. The first-order valence-electron chi connectivity index (χ1n) is 6.41. The Morgan fingerprint density at radius 2 is 1.90 bits per heavy atom. The second-order valence-electron chi connectivity index (χ2n) is 4.87. The lowest BCUT2D eigenvalue weighted by Gasteiger charge is -2.31. The molecule has 1 unspecified atom stereocenters. The van der Waals surface area contributed by atoms with Crippen LogP contribution in [0.25, 0.3) is 11.0 Å². The maximum atomic E-state index is 12.6. The number of aromatic amines is 2. The number of piperazine rings is 1. The molecule has 9 heteroatoms. The highest BCUT2D eigenvalue weighted by atomic mass is 32.2. The first kappa shape index (κ1) is 13.8. The summed E-state index contributed by atoms with van der Waals surface area (Å²) < 4.78 is 26.4. The number of H-pyrrole nitrogens is 2. The number of rotatable bonds is 2. The second-order valence-corrected chi connectivity index (χ2v) is 6.76. The number of nitrogens with one attached hydrogen (secondary N) is 3. The Labute approximate surface area is 120 Å². The number of fused-ring (bicyclic) bond motifs is 1. The van der Waals surface area contributed by atoms with Crippen LogP contribution in [0, 0.1) is 0 Å². The summed E-state index contributed by atoms with van der Waals surface area (Å²) in [7, 11) is -3.79. The molecule has 112 valence electrons. The molecule has 1 aliphatic heterocycles. The van der Waals surface area contributed by atoms with E-state index in [4.69, 9.17) is 0 Å². The van der Waals surface area contributed by atoms with Crippen molar-refractivity contribution < 1.29 is 13.2 Å². The van der Waals surface area contributed by atoms with Crippen LogP contribution in [0.15, 0.2) is 27.9 Å². The molecule has 0 bridgehead atoms. The molecule has 2 aromatic rings. The molecule has 2 heterocycles. The average Bonchev–Trinajstić information content (AvgIpc) is 2.80. The minimum absolute atomic E-state index is 0.0480. The Balaban J connectivity index is 2.06. The number of amides is 1. The molecule has 3 rings (SSSR count). The smallest absolute Gasteiger partial charge is 0.323 e. The SMILES string of the molecule is CC1C(=O)NCCN1S(=O)(=O)c1ccc2[nH]c(=O)[nH]c2c1. The highest BCUT2D eigenvalue weighted by Gasteiger charge is 2.35. The molecule has 3 N–H and O–H groups in total. The lowest BCUT2D eigenvalue weighted by Crippen LogP contribution is -2.55. The highest BCUT2D eigenvalue weighted by Crippen LogP contribution is 2.22. The zero-order valence-electron chi connectivity index (χ0n) is 11.2. The predicted octanol–water partition coefficient (Wildman–Crippen LogP) is -0.635. The molecule has 8 nitrogen and oxygen atoms in total. The number of benzene rings is 1. The Hall–Kier alpha value is -2.13.